The lowest BCUT2D eigenvalue weighted by atomic mass is 9.64. The Labute approximate surface area is 207 Å². The van der Waals surface area contributed by atoms with Gasteiger partial charge in [-0.2, -0.15) is 10.2 Å². The van der Waals surface area contributed by atoms with Gasteiger partial charge in [0, 0.05) is 18.8 Å². The van der Waals surface area contributed by atoms with Crippen LogP contribution in [0.3, 0.4) is 0 Å². The summed E-state index contributed by atoms with van der Waals surface area (Å²) in [6.07, 6.45) is 8.48. The van der Waals surface area contributed by atoms with Crippen LogP contribution >= 0.6 is 0 Å². The van der Waals surface area contributed by atoms with Crippen molar-refractivity contribution in [3.8, 4) is 6.07 Å². The minimum Gasteiger partial charge on any atom is -0.444 e. The lowest BCUT2D eigenvalue weighted by Crippen LogP contribution is -2.52. The molecule has 3 N–H and O–H groups in total. The van der Waals surface area contributed by atoms with E-state index in [0.717, 1.165) is 37.9 Å². The number of pyridine rings is 1. The second kappa shape index (κ2) is 10.9. The molecule has 0 spiro atoms. The Hall–Kier alpha value is -3.41. The SMILES string of the molecule is CC(C)(C)OC(=O)NC1[C@@H]2CCC[C@H]1CC(CNc1nc(NCc3ccccn3)ncc1C#N)C2. The van der Waals surface area contributed by atoms with Gasteiger partial charge in [-0.05, 0) is 76.3 Å². The molecule has 0 radical (unpaired) electrons. The quantitative estimate of drug-likeness (QED) is 0.533. The van der Waals surface area contributed by atoms with Gasteiger partial charge >= 0.3 is 6.09 Å². The Balaban J connectivity index is 1.35. The summed E-state index contributed by atoms with van der Waals surface area (Å²) >= 11 is 0. The summed E-state index contributed by atoms with van der Waals surface area (Å²) in [7, 11) is 0. The highest BCUT2D eigenvalue weighted by molar-refractivity contribution is 5.68. The summed E-state index contributed by atoms with van der Waals surface area (Å²) in [6, 6.07) is 8.09. The summed E-state index contributed by atoms with van der Waals surface area (Å²) < 4.78 is 5.51. The van der Waals surface area contributed by atoms with Crippen molar-refractivity contribution in [1.82, 2.24) is 20.3 Å². The summed E-state index contributed by atoms with van der Waals surface area (Å²) in [6.45, 7) is 6.90. The van der Waals surface area contributed by atoms with Crippen molar-refractivity contribution in [2.75, 3.05) is 17.2 Å². The number of carbonyl (C=O) groups is 1. The Bertz CT molecular complexity index is 1030. The van der Waals surface area contributed by atoms with Gasteiger partial charge in [-0.25, -0.2) is 9.78 Å². The summed E-state index contributed by atoms with van der Waals surface area (Å²) in [5.41, 5.74) is 0.814. The Morgan fingerprint density at radius 3 is 2.60 bits per heavy atom. The van der Waals surface area contributed by atoms with Gasteiger partial charge < -0.3 is 20.7 Å². The van der Waals surface area contributed by atoms with E-state index in [9.17, 15) is 10.1 Å². The molecule has 4 rings (SSSR count). The number of anilines is 2. The number of hydrogen-bond acceptors (Lipinski definition) is 8. The molecule has 2 heterocycles. The molecule has 9 heteroatoms. The Kier molecular flexibility index (Phi) is 7.69. The highest BCUT2D eigenvalue weighted by Crippen LogP contribution is 2.43. The van der Waals surface area contributed by atoms with Crippen LogP contribution in [0.5, 0.6) is 0 Å². The number of nitrogens with zero attached hydrogens (tertiary/aromatic N) is 4. The molecular formula is C26H35N7O2. The molecule has 9 nitrogen and oxygen atoms in total. The van der Waals surface area contributed by atoms with Crippen molar-refractivity contribution in [2.24, 2.45) is 17.8 Å². The van der Waals surface area contributed by atoms with E-state index in [1.165, 1.54) is 6.42 Å². The number of aromatic nitrogens is 3. The first-order valence-corrected chi connectivity index (χ1v) is 12.4. The van der Waals surface area contributed by atoms with Crippen LogP contribution < -0.4 is 16.0 Å². The zero-order chi connectivity index (χ0) is 24.8. The Morgan fingerprint density at radius 2 is 1.94 bits per heavy atom. The summed E-state index contributed by atoms with van der Waals surface area (Å²) in [5, 5.41) is 19.3. The van der Waals surface area contributed by atoms with Gasteiger partial charge in [0.15, 0.2) is 0 Å². The van der Waals surface area contributed by atoms with Crippen molar-refractivity contribution >= 4 is 17.9 Å². The van der Waals surface area contributed by atoms with Crippen molar-refractivity contribution in [1.29, 1.82) is 5.26 Å². The third kappa shape index (κ3) is 6.81. The van der Waals surface area contributed by atoms with E-state index in [2.05, 4.69) is 37.0 Å². The largest absolute Gasteiger partial charge is 0.444 e. The summed E-state index contributed by atoms with van der Waals surface area (Å²) in [4.78, 5) is 25.5. The predicted octanol–water partition coefficient (Wildman–Crippen LogP) is 4.49. The molecule has 2 aromatic rings. The molecule has 2 fully saturated rings. The number of nitrogens with one attached hydrogen (secondary N) is 3. The number of nitriles is 1. The highest BCUT2D eigenvalue weighted by atomic mass is 16.6. The monoisotopic (exact) mass is 477 g/mol. The van der Waals surface area contributed by atoms with Crippen LogP contribution in [0.15, 0.2) is 30.6 Å². The number of rotatable bonds is 7. The lowest BCUT2D eigenvalue weighted by Gasteiger charge is -2.46. The molecular weight excluding hydrogens is 442 g/mol. The van der Waals surface area contributed by atoms with Crippen molar-refractivity contribution in [2.45, 2.75) is 71.1 Å². The average Bonchev–Trinajstić information content (AvgIpc) is 2.81. The van der Waals surface area contributed by atoms with Crippen LogP contribution in [0, 0.1) is 29.1 Å². The third-order valence-corrected chi connectivity index (χ3v) is 6.74. The molecule has 35 heavy (non-hydrogen) atoms. The van der Waals surface area contributed by atoms with Crippen LogP contribution in [0.2, 0.25) is 0 Å². The molecule has 0 aliphatic heterocycles. The van der Waals surface area contributed by atoms with E-state index >= 15 is 0 Å². The number of alkyl carbamates (subject to hydrolysis) is 1. The Morgan fingerprint density at radius 1 is 1.17 bits per heavy atom. The van der Waals surface area contributed by atoms with E-state index in [1.807, 2.05) is 39.0 Å². The van der Waals surface area contributed by atoms with Crippen molar-refractivity contribution in [3.63, 3.8) is 0 Å². The minimum absolute atomic E-state index is 0.172. The maximum absolute atomic E-state index is 12.4. The van der Waals surface area contributed by atoms with Gasteiger partial charge in [0.25, 0.3) is 0 Å². The maximum Gasteiger partial charge on any atom is 0.407 e. The molecule has 2 aliphatic rings. The second-order valence-electron chi connectivity index (χ2n) is 10.6. The molecule has 4 atom stereocenters. The van der Waals surface area contributed by atoms with Crippen molar-refractivity contribution in [3.05, 3.63) is 41.9 Å². The topological polar surface area (TPSA) is 125 Å². The fourth-order valence-electron chi connectivity index (χ4n) is 5.31. The minimum atomic E-state index is -0.498. The normalized spacial score (nSPS) is 23.6. The molecule has 0 saturated heterocycles. The van der Waals surface area contributed by atoms with Gasteiger partial charge in [0.05, 0.1) is 18.4 Å². The molecule has 2 unspecified atom stereocenters. The van der Waals surface area contributed by atoms with E-state index < -0.39 is 5.60 Å². The number of carbonyl (C=O) groups excluding carboxylic acids is 1. The molecule has 2 saturated carbocycles. The molecule has 0 aromatic carbocycles. The average molecular weight is 478 g/mol. The molecule has 2 aliphatic carbocycles. The van der Waals surface area contributed by atoms with E-state index in [-0.39, 0.29) is 12.1 Å². The second-order valence-corrected chi connectivity index (χ2v) is 10.6. The van der Waals surface area contributed by atoms with E-state index in [0.29, 0.717) is 41.6 Å². The maximum atomic E-state index is 12.4. The van der Waals surface area contributed by atoms with Gasteiger partial charge in [0.2, 0.25) is 5.95 Å². The molecule has 1 amide bonds. The molecule has 186 valence electrons. The van der Waals surface area contributed by atoms with E-state index in [1.54, 1.807) is 12.4 Å². The molecule has 2 bridgehead atoms. The number of hydrogen-bond donors (Lipinski definition) is 3. The summed E-state index contributed by atoms with van der Waals surface area (Å²) in [5.74, 6) is 2.34. The lowest BCUT2D eigenvalue weighted by molar-refractivity contribution is 0.0324. The fraction of sp³-hybridized carbons (Fsp3) is 0.577. The van der Waals surface area contributed by atoms with Crippen LogP contribution in [0.1, 0.15) is 64.1 Å². The number of amides is 1. The third-order valence-electron chi connectivity index (χ3n) is 6.74. The van der Waals surface area contributed by atoms with Gasteiger partial charge in [-0.3, -0.25) is 4.98 Å². The molecule has 2 aromatic heterocycles. The highest BCUT2D eigenvalue weighted by Gasteiger charge is 2.41. The van der Waals surface area contributed by atoms with E-state index in [4.69, 9.17) is 4.74 Å². The van der Waals surface area contributed by atoms with Crippen molar-refractivity contribution < 1.29 is 9.53 Å². The predicted molar refractivity (Wildman–Crippen MR) is 134 cm³/mol. The van der Waals surface area contributed by atoms with Crippen LogP contribution in [0.25, 0.3) is 0 Å². The van der Waals surface area contributed by atoms with Gasteiger partial charge in [0.1, 0.15) is 23.1 Å². The van der Waals surface area contributed by atoms with Crippen LogP contribution in [0.4, 0.5) is 16.6 Å². The smallest absolute Gasteiger partial charge is 0.407 e. The zero-order valence-corrected chi connectivity index (χ0v) is 20.8. The first-order valence-electron chi connectivity index (χ1n) is 12.4. The first kappa shape index (κ1) is 24.7. The van der Waals surface area contributed by atoms with Crippen LogP contribution in [-0.2, 0) is 11.3 Å². The van der Waals surface area contributed by atoms with Gasteiger partial charge in [-0.1, -0.05) is 12.5 Å². The fourth-order valence-corrected chi connectivity index (χ4v) is 5.31. The van der Waals surface area contributed by atoms with Crippen LogP contribution in [-0.4, -0.2) is 39.2 Å². The zero-order valence-electron chi connectivity index (χ0n) is 20.8. The first-order chi connectivity index (χ1) is 16.8. The standard InChI is InChI=1S/C26H35N7O2/c1-26(2,3)35-25(34)32-22-18-7-6-8-19(22)12-17(11-18)14-29-23-20(13-27)15-30-24(33-23)31-16-21-9-4-5-10-28-21/h4-5,9-10,15,17-19,22H,6-8,11-12,14,16H2,1-3H3,(H,32,34)(H2,29,30,31,33)/t17?,18-,19+,22?. The number of fused-ring (bicyclic) bond motifs is 2. The van der Waals surface area contributed by atoms with Gasteiger partial charge in [-0.15, -0.1) is 0 Å². The number of ether oxygens (including phenoxy) is 1.